The van der Waals surface area contributed by atoms with Gasteiger partial charge in [0.25, 0.3) is 5.91 Å². The Balaban J connectivity index is 1.99. The predicted octanol–water partition coefficient (Wildman–Crippen LogP) is 4.56. The zero-order valence-corrected chi connectivity index (χ0v) is 15.4. The van der Waals surface area contributed by atoms with Gasteiger partial charge in [-0.3, -0.25) is 4.79 Å². The lowest BCUT2D eigenvalue weighted by molar-refractivity contribution is -0.127. The molecule has 3 nitrogen and oxygen atoms in total. The number of aryl methyl sites for hydroxylation is 4. The van der Waals surface area contributed by atoms with E-state index in [0.717, 1.165) is 16.9 Å². The van der Waals surface area contributed by atoms with Crippen molar-refractivity contribution in [1.29, 1.82) is 0 Å². The maximum absolute atomic E-state index is 12.4. The number of benzene rings is 2. The molecule has 2 rings (SSSR count). The fraction of sp³-hybridized carbons (Fsp3) is 0.381. The van der Waals surface area contributed by atoms with Gasteiger partial charge in [-0.1, -0.05) is 24.3 Å². The van der Waals surface area contributed by atoms with Crippen LogP contribution >= 0.6 is 0 Å². The van der Waals surface area contributed by atoms with Crippen LogP contribution in [0.1, 0.15) is 47.7 Å². The van der Waals surface area contributed by atoms with Gasteiger partial charge >= 0.3 is 0 Å². The number of rotatable bonds is 5. The first kappa shape index (κ1) is 18.1. The Hall–Kier alpha value is -2.29. The van der Waals surface area contributed by atoms with Gasteiger partial charge in [-0.15, -0.1) is 0 Å². The lowest BCUT2D eigenvalue weighted by atomic mass is 10.0. The first-order valence-corrected chi connectivity index (χ1v) is 8.39. The summed E-state index contributed by atoms with van der Waals surface area (Å²) in [4.78, 5) is 12.4. The average Bonchev–Trinajstić information content (AvgIpc) is 2.53. The fourth-order valence-corrected chi connectivity index (χ4v) is 2.49. The Morgan fingerprint density at radius 1 is 0.875 bits per heavy atom. The van der Waals surface area contributed by atoms with Gasteiger partial charge in [0.1, 0.15) is 5.75 Å². The standard InChI is InChI=1S/C21H27NO2/c1-13-7-9-19(11-15(13)3)17(5)22-21(23)18(6)24-20-10-8-14(2)16(4)12-20/h7-12,17-18H,1-6H3,(H,22,23)/t17-,18+/m0/s1. The van der Waals surface area contributed by atoms with Gasteiger partial charge in [-0.25, -0.2) is 0 Å². The molecule has 0 fully saturated rings. The molecule has 2 atom stereocenters. The molecule has 0 aromatic heterocycles. The van der Waals surface area contributed by atoms with Crippen LogP contribution in [-0.2, 0) is 4.79 Å². The summed E-state index contributed by atoms with van der Waals surface area (Å²) in [6.07, 6.45) is -0.541. The van der Waals surface area contributed by atoms with Crippen LogP contribution in [0.25, 0.3) is 0 Å². The summed E-state index contributed by atoms with van der Waals surface area (Å²) < 4.78 is 5.78. The van der Waals surface area contributed by atoms with Crippen molar-refractivity contribution in [2.24, 2.45) is 0 Å². The highest BCUT2D eigenvalue weighted by Crippen LogP contribution is 2.19. The maximum atomic E-state index is 12.4. The van der Waals surface area contributed by atoms with E-state index in [9.17, 15) is 4.79 Å². The molecule has 0 aliphatic heterocycles. The molecule has 0 aliphatic rings. The summed E-state index contributed by atoms with van der Waals surface area (Å²) in [6, 6.07) is 12.1. The lowest BCUT2D eigenvalue weighted by Crippen LogP contribution is -2.37. The van der Waals surface area contributed by atoms with E-state index in [1.54, 1.807) is 6.92 Å². The van der Waals surface area contributed by atoms with Crippen molar-refractivity contribution in [1.82, 2.24) is 5.32 Å². The molecule has 3 heteroatoms. The number of carbonyl (C=O) groups is 1. The summed E-state index contributed by atoms with van der Waals surface area (Å²) in [7, 11) is 0. The van der Waals surface area contributed by atoms with Crippen LogP contribution in [0.3, 0.4) is 0 Å². The van der Waals surface area contributed by atoms with Crippen LogP contribution < -0.4 is 10.1 Å². The molecule has 0 aliphatic carbocycles. The largest absolute Gasteiger partial charge is 0.481 e. The van der Waals surface area contributed by atoms with Gasteiger partial charge in [-0.2, -0.15) is 0 Å². The third-order valence-corrected chi connectivity index (χ3v) is 4.55. The van der Waals surface area contributed by atoms with Crippen LogP contribution in [0.4, 0.5) is 0 Å². The van der Waals surface area contributed by atoms with Crippen molar-refractivity contribution in [3.05, 3.63) is 64.2 Å². The Kier molecular flexibility index (Phi) is 5.66. The van der Waals surface area contributed by atoms with Crippen molar-refractivity contribution < 1.29 is 9.53 Å². The summed E-state index contributed by atoms with van der Waals surface area (Å²) in [5, 5.41) is 3.02. The molecule has 128 valence electrons. The van der Waals surface area contributed by atoms with E-state index in [0.29, 0.717) is 0 Å². The molecule has 1 N–H and O–H groups in total. The van der Waals surface area contributed by atoms with Gasteiger partial charge in [0, 0.05) is 0 Å². The van der Waals surface area contributed by atoms with Gasteiger partial charge in [-0.05, 0) is 81.5 Å². The maximum Gasteiger partial charge on any atom is 0.261 e. The molecule has 0 radical (unpaired) electrons. The summed E-state index contributed by atoms with van der Waals surface area (Å²) >= 11 is 0. The Morgan fingerprint density at radius 3 is 2.04 bits per heavy atom. The number of hydrogen-bond acceptors (Lipinski definition) is 2. The van der Waals surface area contributed by atoms with Crippen molar-refractivity contribution in [2.75, 3.05) is 0 Å². The van der Waals surface area contributed by atoms with Crippen molar-refractivity contribution in [3.8, 4) is 5.75 Å². The van der Waals surface area contributed by atoms with E-state index in [-0.39, 0.29) is 11.9 Å². The smallest absolute Gasteiger partial charge is 0.261 e. The van der Waals surface area contributed by atoms with Crippen molar-refractivity contribution in [3.63, 3.8) is 0 Å². The van der Waals surface area contributed by atoms with Crippen molar-refractivity contribution >= 4 is 5.91 Å². The van der Waals surface area contributed by atoms with E-state index in [2.05, 4.69) is 44.3 Å². The second-order valence-electron chi connectivity index (χ2n) is 6.58. The van der Waals surface area contributed by atoms with Crippen LogP contribution in [0, 0.1) is 27.7 Å². The van der Waals surface area contributed by atoms with E-state index in [1.165, 1.54) is 16.7 Å². The van der Waals surface area contributed by atoms with Gasteiger partial charge in [0.2, 0.25) is 0 Å². The first-order chi connectivity index (χ1) is 11.3. The average molecular weight is 325 g/mol. The van der Waals surface area contributed by atoms with Crippen LogP contribution in [-0.4, -0.2) is 12.0 Å². The molecule has 0 saturated heterocycles. The molecular formula is C21H27NO2. The topological polar surface area (TPSA) is 38.3 Å². The Morgan fingerprint density at radius 2 is 1.46 bits per heavy atom. The second kappa shape index (κ2) is 7.52. The minimum atomic E-state index is -0.541. The SMILES string of the molecule is Cc1ccc(O[C@H](C)C(=O)N[C@@H](C)c2ccc(C)c(C)c2)cc1C. The molecule has 0 spiro atoms. The van der Waals surface area contributed by atoms with Crippen molar-refractivity contribution in [2.45, 2.75) is 53.7 Å². The van der Waals surface area contributed by atoms with Crippen LogP contribution in [0.5, 0.6) is 5.75 Å². The summed E-state index contributed by atoms with van der Waals surface area (Å²) in [6.45, 7) is 12.0. The highest BCUT2D eigenvalue weighted by atomic mass is 16.5. The third kappa shape index (κ3) is 4.38. The molecular weight excluding hydrogens is 298 g/mol. The molecule has 0 heterocycles. The molecule has 0 unspecified atom stereocenters. The molecule has 24 heavy (non-hydrogen) atoms. The first-order valence-electron chi connectivity index (χ1n) is 8.39. The predicted molar refractivity (Wildman–Crippen MR) is 98.5 cm³/mol. The van der Waals surface area contributed by atoms with E-state index < -0.39 is 6.10 Å². The Labute approximate surface area is 145 Å². The number of carbonyl (C=O) groups excluding carboxylic acids is 1. The highest BCUT2D eigenvalue weighted by Gasteiger charge is 2.18. The quantitative estimate of drug-likeness (QED) is 0.875. The summed E-state index contributed by atoms with van der Waals surface area (Å²) in [5.74, 6) is 0.610. The zero-order chi connectivity index (χ0) is 17.9. The monoisotopic (exact) mass is 325 g/mol. The Bertz CT molecular complexity index is 737. The van der Waals surface area contributed by atoms with Gasteiger partial charge < -0.3 is 10.1 Å². The lowest BCUT2D eigenvalue weighted by Gasteiger charge is -2.20. The van der Waals surface area contributed by atoms with E-state index in [4.69, 9.17) is 4.74 Å². The fourth-order valence-electron chi connectivity index (χ4n) is 2.49. The van der Waals surface area contributed by atoms with Crippen LogP contribution in [0.15, 0.2) is 36.4 Å². The normalized spacial score (nSPS) is 13.2. The molecule has 0 saturated carbocycles. The number of nitrogens with one attached hydrogen (secondary N) is 1. The van der Waals surface area contributed by atoms with E-state index in [1.807, 2.05) is 32.0 Å². The minimum absolute atomic E-state index is 0.0531. The number of ether oxygens (including phenoxy) is 1. The molecule has 1 amide bonds. The zero-order valence-electron chi connectivity index (χ0n) is 15.4. The van der Waals surface area contributed by atoms with Gasteiger partial charge in [0.05, 0.1) is 6.04 Å². The minimum Gasteiger partial charge on any atom is -0.481 e. The van der Waals surface area contributed by atoms with Gasteiger partial charge in [0.15, 0.2) is 6.10 Å². The third-order valence-electron chi connectivity index (χ3n) is 4.55. The number of hydrogen-bond donors (Lipinski definition) is 1. The van der Waals surface area contributed by atoms with Crippen LogP contribution in [0.2, 0.25) is 0 Å². The molecule has 2 aromatic rings. The molecule has 0 bridgehead atoms. The number of amides is 1. The summed E-state index contributed by atoms with van der Waals surface area (Å²) in [5.41, 5.74) is 5.95. The second-order valence-corrected chi connectivity index (χ2v) is 6.58. The highest BCUT2D eigenvalue weighted by molar-refractivity contribution is 5.81. The van der Waals surface area contributed by atoms with E-state index >= 15 is 0 Å². The molecule has 2 aromatic carbocycles.